The highest BCUT2D eigenvalue weighted by molar-refractivity contribution is 6.32. The SMILES string of the molecule is CCC1(O)CN(CC(=O)Nc2ccc(C#N)c(Cl)c2)C1. The van der Waals surface area contributed by atoms with Gasteiger partial charge in [0.2, 0.25) is 5.91 Å². The van der Waals surface area contributed by atoms with Gasteiger partial charge in [0.15, 0.2) is 0 Å². The summed E-state index contributed by atoms with van der Waals surface area (Å²) < 4.78 is 0. The number of carbonyl (C=O) groups excluding carboxylic acids is 1. The molecule has 1 saturated heterocycles. The van der Waals surface area contributed by atoms with E-state index in [2.05, 4.69) is 5.32 Å². The first-order valence-electron chi connectivity index (χ1n) is 6.40. The molecule has 0 aliphatic carbocycles. The van der Waals surface area contributed by atoms with Gasteiger partial charge in [-0.1, -0.05) is 18.5 Å². The van der Waals surface area contributed by atoms with Gasteiger partial charge in [-0.3, -0.25) is 9.69 Å². The molecule has 0 unspecified atom stereocenters. The van der Waals surface area contributed by atoms with Gasteiger partial charge in [-0.05, 0) is 24.6 Å². The molecular weight excluding hydrogens is 278 g/mol. The third-order valence-electron chi connectivity index (χ3n) is 3.43. The molecule has 0 atom stereocenters. The number of rotatable bonds is 4. The van der Waals surface area contributed by atoms with Crippen molar-refractivity contribution >= 4 is 23.2 Å². The van der Waals surface area contributed by atoms with Crippen LogP contribution >= 0.6 is 11.6 Å². The summed E-state index contributed by atoms with van der Waals surface area (Å²) in [4.78, 5) is 13.7. The molecule has 2 rings (SSSR count). The lowest BCUT2D eigenvalue weighted by molar-refractivity contribution is -0.128. The zero-order valence-electron chi connectivity index (χ0n) is 11.2. The van der Waals surface area contributed by atoms with E-state index in [1.165, 1.54) is 0 Å². The zero-order valence-corrected chi connectivity index (χ0v) is 11.9. The summed E-state index contributed by atoms with van der Waals surface area (Å²) in [7, 11) is 0. The monoisotopic (exact) mass is 293 g/mol. The standard InChI is InChI=1S/C14H16ClN3O2/c1-2-14(20)8-18(9-14)7-13(19)17-11-4-3-10(6-16)12(15)5-11/h3-5,20H,2,7-9H2,1H3,(H,17,19). The quantitative estimate of drug-likeness (QED) is 0.884. The van der Waals surface area contributed by atoms with Gasteiger partial charge in [0.1, 0.15) is 6.07 Å². The van der Waals surface area contributed by atoms with Crippen molar-refractivity contribution in [1.29, 1.82) is 5.26 Å². The number of aliphatic hydroxyl groups is 1. The number of anilines is 1. The fourth-order valence-electron chi connectivity index (χ4n) is 2.21. The van der Waals surface area contributed by atoms with E-state index in [1.807, 2.05) is 17.9 Å². The number of amides is 1. The van der Waals surface area contributed by atoms with Crippen molar-refractivity contribution < 1.29 is 9.90 Å². The normalized spacial score (nSPS) is 17.1. The molecule has 1 aliphatic rings. The summed E-state index contributed by atoms with van der Waals surface area (Å²) in [5.74, 6) is -0.163. The number of halogens is 1. The minimum absolute atomic E-state index is 0.163. The van der Waals surface area contributed by atoms with E-state index in [1.54, 1.807) is 18.2 Å². The second-order valence-corrected chi connectivity index (χ2v) is 5.48. The molecule has 1 aromatic carbocycles. The fourth-order valence-corrected chi connectivity index (χ4v) is 2.43. The van der Waals surface area contributed by atoms with Crippen molar-refractivity contribution in [2.75, 3.05) is 25.0 Å². The average Bonchev–Trinajstić information content (AvgIpc) is 2.37. The van der Waals surface area contributed by atoms with Crippen LogP contribution in [-0.2, 0) is 4.79 Å². The number of hydrogen-bond donors (Lipinski definition) is 2. The van der Waals surface area contributed by atoms with Crippen LogP contribution in [0.2, 0.25) is 5.02 Å². The van der Waals surface area contributed by atoms with E-state index in [4.69, 9.17) is 16.9 Å². The largest absolute Gasteiger partial charge is 0.387 e. The second-order valence-electron chi connectivity index (χ2n) is 5.08. The summed E-state index contributed by atoms with van der Waals surface area (Å²) >= 11 is 5.90. The van der Waals surface area contributed by atoms with Gasteiger partial charge in [-0.2, -0.15) is 5.26 Å². The smallest absolute Gasteiger partial charge is 0.238 e. The molecule has 1 aromatic rings. The summed E-state index contributed by atoms with van der Waals surface area (Å²) in [5.41, 5.74) is 0.295. The van der Waals surface area contributed by atoms with Gasteiger partial charge in [-0.15, -0.1) is 0 Å². The van der Waals surface area contributed by atoms with E-state index in [9.17, 15) is 9.90 Å². The Bertz CT molecular complexity index is 562. The molecule has 1 aliphatic heterocycles. The maximum absolute atomic E-state index is 11.8. The van der Waals surface area contributed by atoms with Crippen LogP contribution in [0.4, 0.5) is 5.69 Å². The first-order valence-corrected chi connectivity index (χ1v) is 6.78. The van der Waals surface area contributed by atoms with Gasteiger partial charge in [0.25, 0.3) is 0 Å². The van der Waals surface area contributed by atoms with Gasteiger partial charge >= 0.3 is 0 Å². The molecule has 2 N–H and O–H groups in total. The van der Waals surface area contributed by atoms with E-state index >= 15 is 0 Å². The number of nitriles is 1. The molecule has 6 heteroatoms. The summed E-state index contributed by atoms with van der Waals surface area (Å²) in [6.07, 6.45) is 0.691. The lowest BCUT2D eigenvalue weighted by Gasteiger charge is -2.45. The summed E-state index contributed by atoms with van der Waals surface area (Å²) in [6, 6.07) is 6.72. The van der Waals surface area contributed by atoms with Gasteiger partial charge in [0.05, 0.1) is 22.7 Å². The number of hydrogen-bond acceptors (Lipinski definition) is 4. The van der Waals surface area contributed by atoms with Crippen LogP contribution in [0, 0.1) is 11.3 Å². The summed E-state index contributed by atoms with van der Waals surface area (Å²) in [6.45, 7) is 3.20. The van der Waals surface area contributed by atoms with Gasteiger partial charge in [0, 0.05) is 18.8 Å². The molecule has 1 heterocycles. The van der Waals surface area contributed by atoms with Gasteiger partial charge < -0.3 is 10.4 Å². The molecule has 0 bridgehead atoms. The molecule has 1 amide bonds. The van der Waals surface area contributed by atoms with Crippen molar-refractivity contribution in [3.05, 3.63) is 28.8 Å². The third kappa shape index (κ3) is 3.28. The Hall–Kier alpha value is -1.61. The van der Waals surface area contributed by atoms with E-state index in [0.29, 0.717) is 35.8 Å². The maximum Gasteiger partial charge on any atom is 0.238 e. The molecule has 0 spiro atoms. The van der Waals surface area contributed by atoms with Crippen molar-refractivity contribution in [2.24, 2.45) is 0 Å². The van der Waals surface area contributed by atoms with Crippen molar-refractivity contribution in [3.63, 3.8) is 0 Å². The Morgan fingerprint density at radius 2 is 2.30 bits per heavy atom. The van der Waals surface area contributed by atoms with Crippen LogP contribution in [-0.4, -0.2) is 41.1 Å². The lowest BCUT2D eigenvalue weighted by atomic mass is 9.91. The molecule has 5 nitrogen and oxygen atoms in total. The Labute approximate surface area is 122 Å². The first kappa shape index (κ1) is 14.8. The fraction of sp³-hybridized carbons (Fsp3) is 0.429. The predicted molar refractivity (Wildman–Crippen MR) is 76.5 cm³/mol. The first-order chi connectivity index (χ1) is 9.45. The van der Waals surface area contributed by atoms with E-state index in [0.717, 1.165) is 0 Å². The second kappa shape index (κ2) is 5.80. The molecule has 20 heavy (non-hydrogen) atoms. The minimum atomic E-state index is -0.641. The Morgan fingerprint density at radius 1 is 1.60 bits per heavy atom. The number of β-amino-alcohol motifs (C(OH)–C–C–N with tert-alkyl or cyclic N) is 1. The molecule has 0 aromatic heterocycles. The van der Waals surface area contributed by atoms with E-state index < -0.39 is 5.60 Å². The predicted octanol–water partition coefficient (Wildman–Crippen LogP) is 1.61. The van der Waals surface area contributed by atoms with Crippen LogP contribution in [0.1, 0.15) is 18.9 Å². The minimum Gasteiger partial charge on any atom is -0.387 e. The highest BCUT2D eigenvalue weighted by Gasteiger charge is 2.39. The summed E-state index contributed by atoms with van der Waals surface area (Å²) in [5, 5.41) is 21.7. The Kier molecular flexibility index (Phi) is 4.29. The number of carbonyl (C=O) groups is 1. The molecule has 106 valence electrons. The topological polar surface area (TPSA) is 76.4 Å². The van der Waals surface area contributed by atoms with Crippen LogP contribution < -0.4 is 5.32 Å². The number of likely N-dealkylation sites (tertiary alicyclic amines) is 1. The Morgan fingerprint density at radius 3 is 2.85 bits per heavy atom. The molecule has 0 radical (unpaired) electrons. The molecule has 0 saturated carbocycles. The maximum atomic E-state index is 11.8. The number of nitrogens with one attached hydrogen (secondary N) is 1. The lowest BCUT2D eigenvalue weighted by Crippen LogP contribution is -2.62. The highest BCUT2D eigenvalue weighted by atomic mass is 35.5. The molecule has 1 fully saturated rings. The van der Waals surface area contributed by atoms with Crippen LogP contribution in [0.15, 0.2) is 18.2 Å². The van der Waals surface area contributed by atoms with Crippen LogP contribution in [0.25, 0.3) is 0 Å². The van der Waals surface area contributed by atoms with E-state index in [-0.39, 0.29) is 12.5 Å². The number of benzene rings is 1. The highest BCUT2D eigenvalue weighted by Crippen LogP contribution is 2.24. The van der Waals surface area contributed by atoms with Crippen molar-refractivity contribution in [3.8, 4) is 6.07 Å². The van der Waals surface area contributed by atoms with Gasteiger partial charge in [-0.25, -0.2) is 0 Å². The Balaban J connectivity index is 1.87. The third-order valence-corrected chi connectivity index (χ3v) is 3.75. The van der Waals surface area contributed by atoms with Crippen molar-refractivity contribution in [1.82, 2.24) is 4.90 Å². The van der Waals surface area contributed by atoms with Crippen molar-refractivity contribution in [2.45, 2.75) is 18.9 Å². The van der Waals surface area contributed by atoms with Crippen LogP contribution in [0.5, 0.6) is 0 Å². The zero-order chi connectivity index (χ0) is 14.8. The van der Waals surface area contributed by atoms with Crippen LogP contribution in [0.3, 0.4) is 0 Å². The average molecular weight is 294 g/mol. The molecular formula is C14H16ClN3O2. The number of nitrogens with zero attached hydrogens (tertiary/aromatic N) is 2.